The van der Waals surface area contributed by atoms with Crippen molar-refractivity contribution in [3.63, 3.8) is 0 Å². The molecule has 2 aliphatic rings. The average molecular weight is 405 g/mol. The Labute approximate surface area is 173 Å². The summed E-state index contributed by atoms with van der Waals surface area (Å²) in [5, 5.41) is 9.05. The van der Waals surface area contributed by atoms with Crippen LogP contribution in [0.25, 0.3) is 21.6 Å². The SMILES string of the molecule is N#Cc1ccc(-c2cccc(CN3CC4CC(N)C3C4)c2-c2cncs2)cc1F. The average Bonchev–Trinajstić information content (AvgIpc) is 3.45. The molecule has 6 heteroatoms. The number of nitrogens with two attached hydrogens (primary N) is 1. The largest absolute Gasteiger partial charge is 0.326 e. The van der Waals surface area contributed by atoms with Crippen LogP contribution >= 0.6 is 11.3 Å². The van der Waals surface area contributed by atoms with Crippen molar-refractivity contribution in [1.82, 2.24) is 9.88 Å². The molecule has 2 fully saturated rings. The molecule has 2 N–H and O–H groups in total. The van der Waals surface area contributed by atoms with Gasteiger partial charge in [-0.05, 0) is 47.6 Å². The van der Waals surface area contributed by atoms with Crippen molar-refractivity contribution in [3.8, 4) is 27.6 Å². The minimum atomic E-state index is -0.492. The number of rotatable bonds is 4. The molecule has 1 saturated carbocycles. The third kappa shape index (κ3) is 3.25. The Morgan fingerprint density at radius 3 is 2.86 bits per heavy atom. The van der Waals surface area contributed by atoms with Crippen molar-refractivity contribution in [2.75, 3.05) is 6.54 Å². The Hall–Kier alpha value is -2.59. The summed E-state index contributed by atoms with van der Waals surface area (Å²) in [4.78, 5) is 7.83. The van der Waals surface area contributed by atoms with Gasteiger partial charge in [0.05, 0.1) is 16.0 Å². The van der Waals surface area contributed by atoms with Crippen molar-refractivity contribution >= 4 is 11.3 Å². The van der Waals surface area contributed by atoms with Crippen LogP contribution < -0.4 is 5.73 Å². The van der Waals surface area contributed by atoms with Gasteiger partial charge in [0.15, 0.2) is 0 Å². The minimum Gasteiger partial charge on any atom is -0.326 e. The normalized spacial score (nSPS) is 23.4. The van der Waals surface area contributed by atoms with Crippen LogP contribution in [0.1, 0.15) is 24.0 Å². The van der Waals surface area contributed by atoms with Gasteiger partial charge < -0.3 is 5.73 Å². The number of nitrogens with zero attached hydrogens (tertiary/aromatic N) is 3. The zero-order valence-corrected chi connectivity index (χ0v) is 16.7. The molecule has 29 heavy (non-hydrogen) atoms. The number of nitriles is 1. The predicted molar refractivity (Wildman–Crippen MR) is 113 cm³/mol. The van der Waals surface area contributed by atoms with Crippen LogP contribution in [0.15, 0.2) is 48.1 Å². The molecule has 2 bridgehead atoms. The molecule has 5 rings (SSSR count). The van der Waals surface area contributed by atoms with Gasteiger partial charge in [-0.25, -0.2) is 4.39 Å². The highest BCUT2D eigenvalue weighted by molar-refractivity contribution is 7.13. The third-order valence-corrected chi connectivity index (χ3v) is 7.03. The Kier molecular flexibility index (Phi) is 4.67. The number of aromatic nitrogens is 1. The molecule has 1 aliphatic heterocycles. The van der Waals surface area contributed by atoms with Crippen LogP contribution in [0.2, 0.25) is 0 Å². The van der Waals surface area contributed by atoms with Gasteiger partial charge in [0.25, 0.3) is 0 Å². The summed E-state index contributed by atoms with van der Waals surface area (Å²) in [6.45, 7) is 1.92. The van der Waals surface area contributed by atoms with Gasteiger partial charge in [-0.1, -0.05) is 24.3 Å². The first-order valence-corrected chi connectivity index (χ1v) is 10.7. The molecule has 3 atom stereocenters. The maximum atomic E-state index is 14.3. The lowest BCUT2D eigenvalue weighted by atomic mass is 9.93. The first kappa shape index (κ1) is 18.4. The van der Waals surface area contributed by atoms with E-state index < -0.39 is 5.82 Å². The lowest BCUT2D eigenvalue weighted by Crippen LogP contribution is -2.45. The molecule has 0 spiro atoms. The molecular weight excluding hydrogens is 383 g/mol. The zero-order chi connectivity index (χ0) is 20.0. The van der Waals surface area contributed by atoms with E-state index in [1.807, 2.05) is 36.0 Å². The van der Waals surface area contributed by atoms with Gasteiger partial charge in [-0.3, -0.25) is 9.88 Å². The number of halogens is 1. The molecule has 1 aromatic heterocycles. The van der Waals surface area contributed by atoms with E-state index in [4.69, 9.17) is 11.0 Å². The number of likely N-dealkylation sites (tertiary alicyclic amines) is 1. The number of benzene rings is 2. The molecule has 4 nitrogen and oxygen atoms in total. The Bertz CT molecular complexity index is 1090. The fourth-order valence-corrected chi connectivity index (χ4v) is 5.68. The van der Waals surface area contributed by atoms with Crippen LogP contribution in [0, 0.1) is 23.1 Å². The molecule has 3 unspecified atom stereocenters. The van der Waals surface area contributed by atoms with E-state index >= 15 is 0 Å². The Morgan fingerprint density at radius 1 is 1.28 bits per heavy atom. The maximum absolute atomic E-state index is 14.3. The van der Waals surface area contributed by atoms with E-state index in [1.54, 1.807) is 17.4 Å². The van der Waals surface area contributed by atoms with E-state index in [1.165, 1.54) is 18.1 Å². The van der Waals surface area contributed by atoms with E-state index in [0.717, 1.165) is 41.1 Å². The van der Waals surface area contributed by atoms with Crippen molar-refractivity contribution in [1.29, 1.82) is 5.26 Å². The fraction of sp³-hybridized carbons (Fsp3) is 0.304. The van der Waals surface area contributed by atoms with E-state index in [-0.39, 0.29) is 11.6 Å². The number of hydrogen-bond acceptors (Lipinski definition) is 5. The third-order valence-electron chi connectivity index (χ3n) is 6.24. The summed E-state index contributed by atoms with van der Waals surface area (Å²) in [5.41, 5.74) is 12.3. The fourth-order valence-electron chi connectivity index (χ4n) is 4.97. The highest BCUT2D eigenvalue weighted by Crippen LogP contribution is 2.41. The van der Waals surface area contributed by atoms with Crippen LogP contribution in [0.3, 0.4) is 0 Å². The molecule has 0 amide bonds. The number of thiazole rings is 1. The molecule has 2 aromatic carbocycles. The first-order valence-electron chi connectivity index (χ1n) is 9.84. The lowest BCUT2D eigenvalue weighted by Gasteiger charge is -2.32. The van der Waals surface area contributed by atoms with Crippen LogP contribution in [-0.4, -0.2) is 28.5 Å². The van der Waals surface area contributed by atoms with E-state index in [2.05, 4.69) is 16.0 Å². The summed E-state index contributed by atoms with van der Waals surface area (Å²) in [6, 6.07) is 13.6. The lowest BCUT2D eigenvalue weighted by molar-refractivity contribution is 0.185. The second-order valence-corrected chi connectivity index (χ2v) is 8.90. The number of hydrogen-bond donors (Lipinski definition) is 1. The zero-order valence-electron chi connectivity index (χ0n) is 15.9. The molecule has 3 aromatic rings. The highest BCUT2D eigenvalue weighted by Gasteiger charge is 2.43. The smallest absolute Gasteiger partial charge is 0.141 e. The first-order chi connectivity index (χ1) is 14.1. The van der Waals surface area contributed by atoms with Gasteiger partial charge in [0, 0.05) is 36.9 Å². The Balaban J connectivity index is 1.59. The van der Waals surface area contributed by atoms with Gasteiger partial charge >= 0.3 is 0 Å². The summed E-state index contributed by atoms with van der Waals surface area (Å²) in [5.74, 6) is 0.214. The van der Waals surface area contributed by atoms with Gasteiger partial charge in [-0.2, -0.15) is 5.26 Å². The number of fused-ring (bicyclic) bond motifs is 2. The summed E-state index contributed by atoms with van der Waals surface area (Å²) < 4.78 is 14.3. The molecule has 1 saturated heterocycles. The number of piperidine rings is 1. The molecule has 2 heterocycles. The van der Waals surface area contributed by atoms with E-state index in [9.17, 15) is 4.39 Å². The van der Waals surface area contributed by atoms with Gasteiger partial charge in [0.1, 0.15) is 11.9 Å². The second kappa shape index (κ2) is 7.34. The van der Waals surface area contributed by atoms with Crippen LogP contribution in [0.4, 0.5) is 4.39 Å². The standard InChI is InChI=1S/C23H21FN4S/c24-19-8-15(4-5-16(19)9-25)18-3-1-2-17(23(18)22-10-27-13-29-22)12-28-11-14-6-20(26)21(28)7-14/h1-5,8,10,13-14,20-21H,6-7,11-12,26H2. The van der Waals surface area contributed by atoms with Crippen LogP contribution in [0.5, 0.6) is 0 Å². The molecule has 146 valence electrons. The summed E-state index contributed by atoms with van der Waals surface area (Å²) in [7, 11) is 0. The van der Waals surface area contributed by atoms with Crippen molar-refractivity contribution in [2.24, 2.45) is 11.7 Å². The molecular formula is C23H21FN4S. The monoisotopic (exact) mass is 404 g/mol. The maximum Gasteiger partial charge on any atom is 0.141 e. The van der Waals surface area contributed by atoms with Gasteiger partial charge in [0.2, 0.25) is 0 Å². The summed E-state index contributed by atoms with van der Waals surface area (Å²) in [6.07, 6.45) is 4.19. The minimum absolute atomic E-state index is 0.0614. The second-order valence-electron chi connectivity index (χ2n) is 8.01. The molecule has 0 radical (unpaired) electrons. The summed E-state index contributed by atoms with van der Waals surface area (Å²) >= 11 is 1.58. The van der Waals surface area contributed by atoms with Crippen molar-refractivity contribution in [3.05, 3.63) is 65.0 Å². The predicted octanol–water partition coefficient (Wildman–Crippen LogP) is 4.41. The van der Waals surface area contributed by atoms with E-state index in [0.29, 0.717) is 12.0 Å². The van der Waals surface area contributed by atoms with Crippen molar-refractivity contribution < 1.29 is 4.39 Å². The molecule has 1 aliphatic carbocycles. The topological polar surface area (TPSA) is 65.9 Å². The highest BCUT2D eigenvalue weighted by atomic mass is 32.1. The van der Waals surface area contributed by atoms with Crippen molar-refractivity contribution in [2.45, 2.75) is 31.5 Å². The van der Waals surface area contributed by atoms with Gasteiger partial charge in [-0.15, -0.1) is 11.3 Å². The van der Waals surface area contributed by atoms with Crippen LogP contribution in [-0.2, 0) is 6.54 Å². The Morgan fingerprint density at radius 2 is 2.17 bits per heavy atom. The quantitative estimate of drug-likeness (QED) is 0.700.